The maximum Gasteiger partial charge on any atom is 0.410 e. The number of aliphatic imine (C=N–C) groups is 1. The molecule has 1 aromatic rings. The number of hydrogen-bond acceptors (Lipinski definition) is 5. The number of rotatable bonds is 6. The van der Waals surface area contributed by atoms with Gasteiger partial charge in [-0.2, -0.15) is 0 Å². The number of nitrogens with zero attached hydrogens (tertiary/aromatic N) is 3. The molecule has 0 aliphatic carbocycles. The summed E-state index contributed by atoms with van der Waals surface area (Å²) in [5.41, 5.74) is -0.458. The lowest BCUT2D eigenvalue weighted by atomic mass is 9.98. The quantitative estimate of drug-likeness (QED) is 0.556. The molecule has 28 heavy (non-hydrogen) atoms. The Hall–Kier alpha value is -1.83. The van der Waals surface area contributed by atoms with E-state index in [4.69, 9.17) is 4.74 Å². The van der Waals surface area contributed by atoms with Gasteiger partial charge in [0.25, 0.3) is 0 Å². The van der Waals surface area contributed by atoms with Crippen molar-refractivity contribution >= 4 is 23.4 Å². The number of ether oxygens (including phenoxy) is 1. The van der Waals surface area contributed by atoms with Gasteiger partial charge in [-0.3, -0.25) is 0 Å². The molecular formula is C20H35N5O2S. The van der Waals surface area contributed by atoms with Crippen LogP contribution in [0.15, 0.2) is 11.2 Å². The van der Waals surface area contributed by atoms with E-state index in [0.717, 1.165) is 49.9 Å². The van der Waals surface area contributed by atoms with Crippen molar-refractivity contribution in [3.8, 4) is 0 Å². The Balaban J connectivity index is 1.86. The largest absolute Gasteiger partial charge is 0.444 e. The van der Waals surface area contributed by atoms with Gasteiger partial charge in [0.15, 0.2) is 5.96 Å². The summed E-state index contributed by atoms with van der Waals surface area (Å²) in [5.74, 6) is 1.18. The van der Waals surface area contributed by atoms with Crippen LogP contribution in [0.1, 0.15) is 57.3 Å². The van der Waals surface area contributed by atoms with Crippen LogP contribution in [-0.2, 0) is 17.7 Å². The molecule has 0 saturated carbocycles. The first-order chi connectivity index (χ1) is 13.3. The van der Waals surface area contributed by atoms with E-state index in [1.807, 2.05) is 31.9 Å². The summed E-state index contributed by atoms with van der Waals surface area (Å²) < 4.78 is 5.51. The molecule has 2 heterocycles. The Morgan fingerprint density at radius 3 is 2.82 bits per heavy atom. The molecule has 0 radical (unpaired) electrons. The fourth-order valence-electron chi connectivity index (χ4n) is 3.04. The summed E-state index contributed by atoms with van der Waals surface area (Å²) in [6.07, 6.45) is 4.82. The first-order valence-corrected chi connectivity index (χ1v) is 11.1. The van der Waals surface area contributed by atoms with E-state index >= 15 is 0 Å². The van der Waals surface area contributed by atoms with E-state index in [9.17, 15) is 4.79 Å². The summed E-state index contributed by atoms with van der Waals surface area (Å²) in [6, 6.07) is 0. The third-order valence-corrected chi connectivity index (χ3v) is 5.52. The van der Waals surface area contributed by atoms with Gasteiger partial charge in [-0.1, -0.05) is 6.92 Å². The molecule has 1 saturated heterocycles. The third kappa shape index (κ3) is 7.66. The number of carbonyl (C=O) groups is 1. The van der Waals surface area contributed by atoms with E-state index in [2.05, 4.69) is 34.5 Å². The first-order valence-electron chi connectivity index (χ1n) is 10.2. The predicted molar refractivity (Wildman–Crippen MR) is 115 cm³/mol. The molecule has 1 fully saturated rings. The van der Waals surface area contributed by atoms with Gasteiger partial charge in [0.05, 0.1) is 6.54 Å². The lowest BCUT2D eigenvalue weighted by Gasteiger charge is -2.34. The molecule has 2 rings (SSSR count). The zero-order valence-corrected chi connectivity index (χ0v) is 18.7. The van der Waals surface area contributed by atoms with E-state index in [0.29, 0.717) is 19.0 Å². The first kappa shape index (κ1) is 22.5. The number of aryl methyl sites for hydroxylation is 1. The van der Waals surface area contributed by atoms with E-state index in [1.165, 1.54) is 4.88 Å². The predicted octanol–water partition coefficient (Wildman–Crippen LogP) is 3.41. The molecule has 1 aliphatic heterocycles. The van der Waals surface area contributed by atoms with Gasteiger partial charge in [0, 0.05) is 37.3 Å². The van der Waals surface area contributed by atoms with Crippen LogP contribution in [-0.4, -0.2) is 53.7 Å². The average Bonchev–Trinajstić information content (AvgIpc) is 3.11. The second kappa shape index (κ2) is 10.6. The lowest BCUT2D eigenvalue weighted by Crippen LogP contribution is -2.47. The Labute approximate surface area is 173 Å². The number of nitrogens with one attached hydrogen (secondary N) is 2. The normalized spacial score (nSPS) is 18.1. The summed E-state index contributed by atoms with van der Waals surface area (Å²) in [5, 5.41) is 7.75. The zero-order valence-electron chi connectivity index (χ0n) is 17.9. The Morgan fingerprint density at radius 1 is 1.39 bits per heavy atom. The number of thiazole rings is 1. The van der Waals surface area contributed by atoms with Crippen molar-refractivity contribution in [3.05, 3.63) is 16.1 Å². The number of piperidine rings is 1. The minimum atomic E-state index is -0.458. The molecule has 1 amide bonds. The summed E-state index contributed by atoms with van der Waals surface area (Å²) >= 11 is 1.72. The smallest absolute Gasteiger partial charge is 0.410 e. The number of aromatic nitrogens is 1. The number of guanidine groups is 1. The Morgan fingerprint density at radius 2 is 2.18 bits per heavy atom. The van der Waals surface area contributed by atoms with Crippen LogP contribution in [0.25, 0.3) is 0 Å². The van der Waals surface area contributed by atoms with Crippen molar-refractivity contribution in [2.75, 3.05) is 26.2 Å². The van der Waals surface area contributed by atoms with E-state index < -0.39 is 5.60 Å². The molecule has 1 unspecified atom stereocenters. The van der Waals surface area contributed by atoms with Gasteiger partial charge in [-0.05, 0) is 52.9 Å². The highest BCUT2D eigenvalue weighted by Gasteiger charge is 2.27. The molecule has 7 nitrogen and oxygen atoms in total. The van der Waals surface area contributed by atoms with Gasteiger partial charge in [0.2, 0.25) is 0 Å². The van der Waals surface area contributed by atoms with Crippen LogP contribution >= 0.6 is 11.3 Å². The fourth-order valence-corrected chi connectivity index (χ4v) is 3.82. The van der Waals surface area contributed by atoms with Crippen LogP contribution in [0.4, 0.5) is 4.79 Å². The number of amides is 1. The number of likely N-dealkylation sites (tertiary alicyclic amines) is 1. The van der Waals surface area contributed by atoms with Crippen molar-refractivity contribution in [2.24, 2.45) is 10.9 Å². The molecule has 158 valence electrons. The van der Waals surface area contributed by atoms with Gasteiger partial charge >= 0.3 is 6.09 Å². The molecular weight excluding hydrogens is 374 g/mol. The third-order valence-electron chi connectivity index (χ3n) is 4.40. The van der Waals surface area contributed by atoms with Crippen LogP contribution in [0, 0.1) is 5.92 Å². The molecule has 1 aromatic heterocycles. The van der Waals surface area contributed by atoms with E-state index in [1.54, 1.807) is 11.3 Å². The Bertz CT molecular complexity index is 653. The highest BCUT2D eigenvalue weighted by molar-refractivity contribution is 7.11. The van der Waals surface area contributed by atoms with Crippen molar-refractivity contribution in [1.82, 2.24) is 20.5 Å². The number of hydrogen-bond donors (Lipinski definition) is 2. The van der Waals surface area contributed by atoms with Crippen LogP contribution < -0.4 is 10.6 Å². The Kier molecular flexibility index (Phi) is 8.54. The van der Waals surface area contributed by atoms with Crippen molar-refractivity contribution in [2.45, 2.75) is 66.0 Å². The van der Waals surface area contributed by atoms with Crippen LogP contribution in [0.3, 0.4) is 0 Å². The molecule has 2 N–H and O–H groups in total. The van der Waals surface area contributed by atoms with Gasteiger partial charge in [0.1, 0.15) is 10.6 Å². The monoisotopic (exact) mass is 409 g/mol. The molecule has 0 aromatic carbocycles. The minimum absolute atomic E-state index is 0.215. The second-order valence-electron chi connectivity index (χ2n) is 8.08. The maximum absolute atomic E-state index is 12.3. The van der Waals surface area contributed by atoms with Crippen molar-refractivity contribution in [1.29, 1.82) is 0 Å². The van der Waals surface area contributed by atoms with E-state index in [-0.39, 0.29) is 6.09 Å². The maximum atomic E-state index is 12.3. The molecule has 1 atom stereocenters. The average molecular weight is 410 g/mol. The highest BCUT2D eigenvalue weighted by Crippen LogP contribution is 2.19. The summed E-state index contributed by atoms with van der Waals surface area (Å²) in [6.45, 7) is 13.5. The summed E-state index contributed by atoms with van der Waals surface area (Å²) in [4.78, 5) is 24.5. The van der Waals surface area contributed by atoms with Crippen molar-refractivity contribution in [3.63, 3.8) is 0 Å². The SMILES string of the molecule is CCNC(=NCc1ncc(CC)s1)NCC1CCCN(C(=O)OC(C)(C)C)C1. The summed E-state index contributed by atoms with van der Waals surface area (Å²) in [7, 11) is 0. The van der Waals surface area contributed by atoms with Gasteiger partial charge in [-0.25, -0.2) is 14.8 Å². The molecule has 0 bridgehead atoms. The topological polar surface area (TPSA) is 78.9 Å². The van der Waals surface area contributed by atoms with Gasteiger partial charge in [-0.15, -0.1) is 11.3 Å². The molecule has 8 heteroatoms. The second-order valence-corrected chi connectivity index (χ2v) is 9.28. The standard InChI is InChI=1S/C20H35N5O2S/c1-6-16-12-22-17(28-16)13-24-18(21-7-2)23-11-15-9-8-10-25(14-15)19(26)27-20(3,4)5/h12,15H,6-11,13-14H2,1-5H3,(H2,21,23,24). The zero-order chi connectivity index (χ0) is 20.6. The van der Waals surface area contributed by atoms with Crippen molar-refractivity contribution < 1.29 is 9.53 Å². The molecule has 1 aliphatic rings. The molecule has 0 spiro atoms. The van der Waals surface area contributed by atoms with Gasteiger partial charge < -0.3 is 20.3 Å². The number of carbonyl (C=O) groups excluding carboxylic acids is 1. The van der Waals surface area contributed by atoms with Crippen LogP contribution in [0.5, 0.6) is 0 Å². The fraction of sp³-hybridized carbons (Fsp3) is 0.750. The lowest BCUT2D eigenvalue weighted by molar-refractivity contribution is 0.0168. The minimum Gasteiger partial charge on any atom is -0.444 e. The van der Waals surface area contributed by atoms with Crippen LogP contribution in [0.2, 0.25) is 0 Å². The highest BCUT2D eigenvalue weighted by atomic mass is 32.1.